The molecule has 0 bridgehead atoms. The summed E-state index contributed by atoms with van der Waals surface area (Å²) in [7, 11) is 0. The van der Waals surface area contributed by atoms with Crippen molar-refractivity contribution in [2.24, 2.45) is 0 Å². The summed E-state index contributed by atoms with van der Waals surface area (Å²) in [6.45, 7) is 0. The number of nitrogens with zero attached hydrogens (tertiary/aromatic N) is 1. The molecule has 0 amide bonds. The van der Waals surface area contributed by atoms with Crippen LogP contribution in [0.3, 0.4) is 0 Å². The van der Waals surface area contributed by atoms with Crippen molar-refractivity contribution in [1.29, 1.82) is 0 Å². The van der Waals surface area contributed by atoms with E-state index in [1.807, 2.05) is 66.9 Å². The molecule has 21 heavy (non-hydrogen) atoms. The van der Waals surface area contributed by atoms with Crippen molar-refractivity contribution in [1.82, 2.24) is 9.97 Å². The maximum absolute atomic E-state index is 6.18. The Morgan fingerprint density at radius 3 is 2.52 bits per heavy atom. The lowest BCUT2D eigenvalue weighted by Gasteiger charge is -1.98. The molecule has 1 N–H and O–H groups in total. The number of aromatic amines is 1. The van der Waals surface area contributed by atoms with E-state index in [1.165, 1.54) is 0 Å². The molecule has 4 heteroatoms. The van der Waals surface area contributed by atoms with Crippen LogP contribution in [0.15, 0.2) is 59.2 Å². The number of H-pyrrole nitrogens is 1. The van der Waals surface area contributed by atoms with Gasteiger partial charge in [0, 0.05) is 16.2 Å². The predicted molar refractivity (Wildman–Crippen MR) is 92.1 cm³/mol. The average Bonchev–Trinajstić information content (AvgIpc) is 2.96. The summed E-state index contributed by atoms with van der Waals surface area (Å²) in [6.07, 6.45) is 5.83. The van der Waals surface area contributed by atoms with Gasteiger partial charge in [0.25, 0.3) is 0 Å². The minimum atomic E-state index is 0.701. The molecule has 0 saturated carbocycles. The van der Waals surface area contributed by atoms with Crippen LogP contribution in [-0.4, -0.2) is 9.97 Å². The summed E-state index contributed by atoms with van der Waals surface area (Å²) in [5.74, 6) is 0.799. The van der Waals surface area contributed by atoms with E-state index < -0.39 is 0 Å². The Labute approximate surface area is 136 Å². The molecule has 0 aliphatic carbocycles. The van der Waals surface area contributed by atoms with Gasteiger partial charge in [-0.1, -0.05) is 63.9 Å². The van der Waals surface area contributed by atoms with Crippen LogP contribution in [0.1, 0.15) is 11.4 Å². The molecular formula is C17H12BrClN2. The summed E-state index contributed by atoms with van der Waals surface area (Å²) in [5.41, 5.74) is 2.89. The van der Waals surface area contributed by atoms with Gasteiger partial charge in [-0.25, -0.2) is 4.98 Å². The number of hydrogen-bond donors (Lipinski definition) is 1. The highest BCUT2D eigenvalue weighted by molar-refractivity contribution is 9.10. The number of halogens is 2. The second kappa shape index (κ2) is 6.29. The van der Waals surface area contributed by atoms with Crippen LogP contribution in [0.4, 0.5) is 0 Å². The van der Waals surface area contributed by atoms with Crippen LogP contribution in [0, 0.1) is 0 Å². The normalized spacial score (nSPS) is 11.1. The van der Waals surface area contributed by atoms with Crippen molar-refractivity contribution in [3.8, 4) is 11.3 Å². The Hall–Kier alpha value is -1.84. The van der Waals surface area contributed by atoms with Gasteiger partial charge < -0.3 is 4.98 Å². The molecule has 3 aromatic rings. The van der Waals surface area contributed by atoms with Crippen molar-refractivity contribution in [3.63, 3.8) is 0 Å². The molecule has 1 heterocycles. The smallest absolute Gasteiger partial charge is 0.130 e. The van der Waals surface area contributed by atoms with Crippen LogP contribution in [0.5, 0.6) is 0 Å². The van der Waals surface area contributed by atoms with Crippen molar-refractivity contribution in [3.05, 3.63) is 75.6 Å². The number of hydrogen-bond acceptors (Lipinski definition) is 1. The second-order valence-corrected chi connectivity index (χ2v) is 5.86. The van der Waals surface area contributed by atoms with Crippen LogP contribution < -0.4 is 0 Å². The largest absolute Gasteiger partial charge is 0.344 e. The van der Waals surface area contributed by atoms with E-state index in [2.05, 4.69) is 25.9 Å². The zero-order chi connectivity index (χ0) is 14.7. The van der Waals surface area contributed by atoms with Crippen LogP contribution in [0.25, 0.3) is 23.4 Å². The highest BCUT2D eigenvalue weighted by Gasteiger charge is 2.05. The summed E-state index contributed by atoms with van der Waals surface area (Å²) < 4.78 is 1.07. The second-order valence-electron chi connectivity index (χ2n) is 4.54. The number of imidazole rings is 1. The molecule has 0 aliphatic rings. The molecule has 104 valence electrons. The molecule has 1 aromatic heterocycles. The Morgan fingerprint density at radius 1 is 1.00 bits per heavy atom. The summed E-state index contributed by atoms with van der Waals surface area (Å²) >= 11 is 9.60. The third kappa shape index (κ3) is 3.43. The van der Waals surface area contributed by atoms with Crippen molar-refractivity contribution in [2.45, 2.75) is 0 Å². The highest BCUT2D eigenvalue weighted by atomic mass is 79.9. The number of benzene rings is 2. The minimum Gasteiger partial charge on any atom is -0.344 e. The van der Waals surface area contributed by atoms with Crippen LogP contribution in [0.2, 0.25) is 5.02 Å². The van der Waals surface area contributed by atoms with Gasteiger partial charge in [0.1, 0.15) is 5.82 Å². The van der Waals surface area contributed by atoms with Gasteiger partial charge in [-0.15, -0.1) is 0 Å². The summed E-state index contributed by atoms with van der Waals surface area (Å²) in [5, 5.41) is 0.701. The zero-order valence-corrected chi connectivity index (χ0v) is 13.4. The number of aromatic nitrogens is 2. The quantitative estimate of drug-likeness (QED) is 0.642. The molecule has 3 rings (SSSR count). The van der Waals surface area contributed by atoms with Crippen molar-refractivity contribution in [2.75, 3.05) is 0 Å². The molecule has 0 spiro atoms. The average molecular weight is 360 g/mol. The van der Waals surface area contributed by atoms with E-state index in [1.54, 1.807) is 0 Å². The Morgan fingerprint density at radius 2 is 1.76 bits per heavy atom. The van der Waals surface area contributed by atoms with Crippen LogP contribution >= 0.6 is 27.5 Å². The fourth-order valence-corrected chi connectivity index (χ4v) is 2.47. The Kier molecular flexibility index (Phi) is 4.23. The maximum atomic E-state index is 6.18. The van der Waals surface area contributed by atoms with Gasteiger partial charge >= 0.3 is 0 Å². The van der Waals surface area contributed by atoms with Gasteiger partial charge in [-0.3, -0.25) is 0 Å². The maximum Gasteiger partial charge on any atom is 0.130 e. The third-order valence-electron chi connectivity index (χ3n) is 3.05. The Balaban J connectivity index is 1.82. The first kappa shape index (κ1) is 14.1. The van der Waals surface area contributed by atoms with E-state index in [0.717, 1.165) is 27.1 Å². The molecule has 0 aliphatic heterocycles. The molecule has 0 unspecified atom stereocenters. The molecule has 2 aromatic carbocycles. The first-order chi connectivity index (χ1) is 10.2. The predicted octanol–water partition coefficient (Wildman–Crippen LogP) is 5.66. The SMILES string of the molecule is Clc1ccccc1-c1c[nH]c(C=Cc2ccc(Br)cc2)n1. The molecule has 0 atom stereocenters. The van der Waals surface area contributed by atoms with Gasteiger partial charge in [0.15, 0.2) is 0 Å². The van der Waals surface area contributed by atoms with Crippen molar-refractivity contribution >= 4 is 39.7 Å². The van der Waals surface area contributed by atoms with E-state index in [0.29, 0.717) is 5.02 Å². The lowest BCUT2D eigenvalue weighted by atomic mass is 10.2. The fraction of sp³-hybridized carbons (Fsp3) is 0. The minimum absolute atomic E-state index is 0.701. The lowest BCUT2D eigenvalue weighted by molar-refractivity contribution is 1.27. The first-order valence-electron chi connectivity index (χ1n) is 6.46. The van der Waals surface area contributed by atoms with E-state index in [-0.39, 0.29) is 0 Å². The number of rotatable bonds is 3. The van der Waals surface area contributed by atoms with Gasteiger partial charge in [0.2, 0.25) is 0 Å². The molecule has 0 radical (unpaired) electrons. The molecule has 0 saturated heterocycles. The van der Waals surface area contributed by atoms with Gasteiger partial charge in [-0.05, 0) is 29.8 Å². The molecule has 2 nitrogen and oxygen atoms in total. The number of nitrogens with one attached hydrogen (secondary N) is 1. The van der Waals surface area contributed by atoms with Crippen molar-refractivity contribution < 1.29 is 0 Å². The van der Waals surface area contributed by atoms with Gasteiger partial charge in [-0.2, -0.15) is 0 Å². The highest BCUT2D eigenvalue weighted by Crippen LogP contribution is 2.26. The van der Waals surface area contributed by atoms with Gasteiger partial charge in [0.05, 0.1) is 10.7 Å². The molecule has 0 fully saturated rings. The van der Waals surface area contributed by atoms with E-state index in [4.69, 9.17) is 11.6 Å². The summed E-state index contributed by atoms with van der Waals surface area (Å²) in [4.78, 5) is 7.69. The summed E-state index contributed by atoms with van der Waals surface area (Å²) in [6, 6.07) is 15.8. The topological polar surface area (TPSA) is 28.7 Å². The van der Waals surface area contributed by atoms with E-state index in [9.17, 15) is 0 Å². The zero-order valence-electron chi connectivity index (χ0n) is 11.1. The standard InChI is InChI=1S/C17H12BrClN2/c18-13-8-5-12(6-9-13)7-10-17-20-11-16(21-17)14-3-1-2-4-15(14)19/h1-11H,(H,20,21). The fourth-order valence-electron chi connectivity index (χ4n) is 1.98. The first-order valence-corrected chi connectivity index (χ1v) is 7.63. The lowest BCUT2D eigenvalue weighted by Crippen LogP contribution is -1.79. The Bertz CT molecular complexity index is 775. The van der Waals surface area contributed by atoms with E-state index >= 15 is 0 Å². The molecular weight excluding hydrogens is 348 g/mol. The third-order valence-corrected chi connectivity index (χ3v) is 3.91. The van der Waals surface area contributed by atoms with Crippen LogP contribution in [-0.2, 0) is 0 Å². The monoisotopic (exact) mass is 358 g/mol.